The lowest BCUT2D eigenvalue weighted by Crippen LogP contribution is -2.39. The van der Waals surface area contributed by atoms with Crippen LogP contribution in [0.2, 0.25) is 0 Å². The van der Waals surface area contributed by atoms with Gasteiger partial charge in [-0.25, -0.2) is 0 Å². The van der Waals surface area contributed by atoms with Crippen molar-refractivity contribution in [2.45, 2.75) is 64.0 Å². The molecule has 0 spiro atoms. The molecular formula is C22H35N3O. The van der Waals surface area contributed by atoms with E-state index in [1.807, 2.05) is 7.05 Å². The first-order valence-corrected chi connectivity index (χ1v) is 10.4. The molecule has 2 saturated heterocycles. The minimum absolute atomic E-state index is 0.299. The SMILES string of the molecule is CNCCC(=O)N1CCC(c2ccccc2[C@H]2CCCN2C(C)C)CC1. The number of rotatable bonds is 6. The van der Waals surface area contributed by atoms with E-state index in [0.717, 1.165) is 32.5 Å². The largest absolute Gasteiger partial charge is 0.343 e. The summed E-state index contributed by atoms with van der Waals surface area (Å²) in [5.74, 6) is 0.891. The van der Waals surface area contributed by atoms with Gasteiger partial charge in [0.2, 0.25) is 5.91 Å². The van der Waals surface area contributed by atoms with Gasteiger partial charge in [0.15, 0.2) is 0 Å². The maximum Gasteiger partial charge on any atom is 0.223 e. The number of carbonyl (C=O) groups is 1. The van der Waals surface area contributed by atoms with Crippen LogP contribution < -0.4 is 5.32 Å². The van der Waals surface area contributed by atoms with Crippen molar-refractivity contribution in [2.75, 3.05) is 33.2 Å². The maximum absolute atomic E-state index is 12.3. The Bertz CT molecular complexity index is 593. The number of carbonyl (C=O) groups excluding carboxylic acids is 1. The zero-order valence-electron chi connectivity index (χ0n) is 16.7. The molecule has 1 atom stereocenters. The van der Waals surface area contributed by atoms with Crippen LogP contribution in [-0.2, 0) is 4.79 Å². The summed E-state index contributed by atoms with van der Waals surface area (Å²) in [5.41, 5.74) is 3.08. The Morgan fingerprint density at radius 3 is 2.46 bits per heavy atom. The molecule has 1 amide bonds. The van der Waals surface area contributed by atoms with Crippen molar-refractivity contribution >= 4 is 5.91 Å². The minimum Gasteiger partial charge on any atom is -0.343 e. The number of piperidine rings is 1. The molecule has 0 aliphatic carbocycles. The van der Waals surface area contributed by atoms with Crippen LogP contribution in [0.3, 0.4) is 0 Å². The maximum atomic E-state index is 12.3. The van der Waals surface area contributed by atoms with Gasteiger partial charge < -0.3 is 10.2 Å². The van der Waals surface area contributed by atoms with Gasteiger partial charge in [-0.3, -0.25) is 9.69 Å². The van der Waals surface area contributed by atoms with Crippen molar-refractivity contribution in [1.29, 1.82) is 0 Å². The molecule has 2 fully saturated rings. The van der Waals surface area contributed by atoms with Gasteiger partial charge in [0.25, 0.3) is 0 Å². The zero-order valence-corrected chi connectivity index (χ0v) is 16.7. The van der Waals surface area contributed by atoms with Crippen LogP contribution in [0, 0.1) is 0 Å². The molecule has 0 aromatic heterocycles. The summed E-state index contributed by atoms with van der Waals surface area (Å²) in [7, 11) is 1.90. The van der Waals surface area contributed by atoms with Gasteiger partial charge in [-0.2, -0.15) is 0 Å². The molecule has 1 N–H and O–H groups in total. The third kappa shape index (κ3) is 4.29. The van der Waals surface area contributed by atoms with Gasteiger partial charge in [0.05, 0.1) is 0 Å². The summed E-state index contributed by atoms with van der Waals surface area (Å²) in [5, 5.41) is 3.07. The number of hydrogen-bond acceptors (Lipinski definition) is 3. The highest BCUT2D eigenvalue weighted by molar-refractivity contribution is 5.76. The van der Waals surface area contributed by atoms with E-state index < -0.39 is 0 Å². The van der Waals surface area contributed by atoms with Crippen LogP contribution in [0.4, 0.5) is 0 Å². The van der Waals surface area contributed by atoms with E-state index in [1.165, 1.54) is 24.9 Å². The highest BCUT2D eigenvalue weighted by Crippen LogP contribution is 2.39. The van der Waals surface area contributed by atoms with Crippen LogP contribution in [0.15, 0.2) is 24.3 Å². The Hall–Kier alpha value is -1.39. The topological polar surface area (TPSA) is 35.6 Å². The highest BCUT2D eigenvalue weighted by atomic mass is 16.2. The average molecular weight is 358 g/mol. The molecule has 1 aromatic carbocycles. The number of nitrogens with one attached hydrogen (secondary N) is 1. The molecule has 4 heteroatoms. The molecular weight excluding hydrogens is 322 g/mol. The second kappa shape index (κ2) is 9.01. The molecule has 2 aliphatic heterocycles. The average Bonchev–Trinajstić information content (AvgIpc) is 3.16. The van der Waals surface area contributed by atoms with Crippen molar-refractivity contribution in [3.8, 4) is 0 Å². The lowest BCUT2D eigenvalue weighted by Gasteiger charge is -2.35. The summed E-state index contributed by atoms with van der Waals surface area (Å²) in [6.45, 7) is 8.43. The first-order chi connectivity index (χ1) is 12.6. The Kier molecular flexibility index (Phi) is 6.71. The van der Waals surface area contributed by atoms with Gasteiger partial charge in [0, 0.05) is 38.1 Å². The number of likely N-dealkylation sites (tertiary alicyclic amines) is 2. The quantitative estimate of drug-likeness (QED) is 0.846. The molecule has 26 heavy (non-hydrogen) atoms. The van der Waals surface area contributed by atoms with Gasteiger partial charge in [0.1, 0.15) is 0 Å². The van der Waals surface area contributed by atoms with E-state index in [2.05, 4.69) is 53.2 Å². The van der Waals surface area contributed by atoms with Crippen molar-refractivity contribution in [3.05, 3.63) is 35.4 Å². The Morgan fingerprint density at radius 2 is 1.81 bits per heavy atom. The molecule has 3 rings (SSSR count). The Morgan fingerprint density at radius 1 is 1.12 bits per heavy atom. The predicted octanol–water partition coefficient (Wildman–Crippen LogP) is 3.55. The van der Waals surface area contributed by atoms with E-state index in [9.17, 15) is 4.79 Å². The van der Waals surface area contributed by atoms with Crippen molar-refractivity contribution in [1.82, 2.24) is 15.1 Å². The summed E-state index contributed by atoms with van der Waals surface area (Å²) in [6, 6.07) is 10.3. The van der Waals surface area contributed by atoms with Gasteiger partial charge >= 0.3 is 0 Å². The molecule has 0 radical (unpaired) electrons. The van der Waals surface area contributed by atoms with Crippen LogP contribution in [0.25, 0.3) is 0 Å². The second-order valence-corrected chi connectivity index (χ2v) is 8.13. The number of nitrogens with zero attached hydrogens (tertiary/aromatic N) is 2. The number of benzene rings is 1. The summed E-state index contributed by atoms with van der Waals surface area (Å²) < 4.78 is 0. The van der Waals surface area contributed by atoms with Crippen LogP contribution in [-0.4, -0.2) is 55.0 Å². The third-order valence-corrected chi connectivity index (χ3v) is 6.19. The third-order valence-electron chi connectivity index (χ3n) is 6.19. The van der Waals surface area contributed by atoms with Crippen molar-refractivity contribution in [2.24, 2.45) is 0 Å². The monoisotopic (exact) mass is 357 g/mol. The molecule has 2 aliphatic rings. The van der Waals surface area contributed by atoms with Gasteiger partial charge in [-0.1, -0.05) is 24.3 Å². The summed E-state index contributed by atoms with van der Waals surface area (Å²) >= 11 is 0. The second-order valence-electron chi connectivity index (χ2n) is 8.13. The summed E-state index contributed by atoms with van der Waals surface area (Å²) in [6.07, 6.45) is 5.38. The van der Waals surface area contributed by atoms with Crippen LogP contribution in [0.5, 0.6) is 0 Å². The van der Waals surface area contributed by atoms with E-state index >= 15 is 0 Å². The number of amides is 1. The lowest BCUT2D eigenvalue weighted by molar-refractivity contribution is -0.132. The van der Waals surface area contributed by atoms with E-state index in [0.29, 0.717) is 30.3 Å². The minimum atomic E-state index is 0.299. The van der Waals surface area contributed by atoms with Gasteiger partial charge in [-0.05, 0) is 70.2 Å². The first-order valence-electron chi connectivity index (χ1n) is 10.4. The fraction of sp³-hybridized carbons (Fsp3) is 0.682. The molecule has 0 saturated carbocycles. The normalized spacial score (nSPS) is 22.3. The summed E-state index contributed by atoms with van der Waals surface area (Å²) in [4.78, 5) is 17.0. The van der Waals surface area contributed by atoms with Crippen LogP contribution >= 0.6 is 0 Å². The van der Waals surface area contributed by atoms with Crippen molar-refractivity contribution in [3.63, 3.8) is 0 Å². The predicted molar refractivity (Wildman–Crippen MR) is 107 cm³/mol. The van der Waals surface area contributed by atoms with Crippen molar-refractivity contribution < 1.29 is 4.79 Å². The fourth-order valence-electron chi connectivity index (χ4n) is 4.76. The molecule has 0 unspecified atom stereocenters. The molecule has 0 bridgehead atoms. The van der Waals surface area contributed by atoms with E-state index in [1.54, 1.807) is 5.56 Å². The molecule has 2 heterocycles. The van der Waals surface area contributed by atoms with E-state index in [4.69, 9.17) is 0 Å². The first kappa shape index (κ1) is 19.4. The fourth-order valence-corrected chi connectivity index (χ4v) is 4.76. The molecule has 1 aromatic rings. The zero-order chi connectivity index (χ0) is 18.5. The number of hydrogen-bond donors (Lipinski definition) is 1. The van der Waals surface area contributed by atoms with E-state index in [-0.39, 0.29) is 0 Å². The Labute approximate surface area is 158 Å². The Balaban J connectivity index is 1.69. The molecule has 4 nitrogen and oxygen atoms in total. The van der Waals surface area contributed by atoms with Crippen LogP contribution in [0.1, 0.15) is 69.0 Å². The highest BCUT2D eigenvalue weighted by Gasteiger charge is 2.32. The standard InChI is InChI=1S/C22H35N3O/c1-17(2)25-14-6-9-21(25)20-8-5-4-7-19(20)18-11-15-24(16-12-18)22(26)10-13-23-3/h4-5,7-8,17-18,21,23H,6,9-16H2,1-3H3/t21-/m1/s1. The molecule has 144 valence electrons. The lowest BCUT2D eigenvalue weighted by atomic mass is 9.84. The smallest absolute Gasteiger partial charge is 0.223 e. The van der Waals surface area contributed by atoms with Gasteiger partial charge in [-0.15, -0.1) is 0 Å².